The largest absolute Gasteiger partial charge is 0.467 e. The smallest absolute Gasteiger partial charge is 0.253 e. The minimum Gasteiger partial charge on any atom is -0.467 e. The lowest BCUT2D eigenvalue weighted by Gasteiger charge is -2.20. The molecular weight excluding hydrogens is 416 g/mol. The number of aryl methyl sites for hydroxylation is 1. The average Bonchev–Trinajstić information content (AvgIpc) is 3.45. The number of thioether (sulfide) groups is 1. The minimum atomic E-state index is -0.285. The highest BCUT2D eigenvalue weighted by molar-refractivity contribution is 8.00. The second-order valence-electron chi connectivity index (χ2n) is 6.70. The van der Waals surface area contributed by atoms with E-state index < -0.39 is 0 Å². The van der Waals surface area contributed by atoms with Crippen molar-refractivity contribution in [2.75, 3.05) is 17.7 Å². The van der Waals surface area contributed by atoms with Gasteiger partial charge in [-0.25, -0.2) is 9.97 Å². The predicted molar refractivity (Wildman–Crippen MR) is 117 cm³/mol. The number of fused-ring (bicyclic) bond motifs is 1. The van der Waals surface area contributed by atoms with Gasteiger partial charge in [0.25, 0.3) is 5.91 Å². The first-order valence-corrected chi connectivity index (χ1v) is 10.4. The summed E-state index contributed by atoms with van der Waals surface area (Å²) in [5.41, 5.74) is 1.64. The van der Waals surface area contributed by atoms with Crippen LogP contribution >= 0.6 is 11.8 Å². The van der Waals surface area contributed by atoms with Crippen LogP contribution in [0.3, 0.4) is 0 Å². The SMILES string of the molecule is CN(C(=O)CSc1ncnc2c1cnn2C)c1ccccc1C(=O)NCc1ccco1. The van der Waals surface area contributed by atoms with Crippen LogP contribution in [0.1, 0.15) is 16.1 Å². The number of nitrogens with zero attached hydrogens (tertiary/aromatic N) is 5. The Morgan fingerprint density at radius 2 is 2.03 bits per heavy atom. The van der Waals surface area contributed by atoms with Crippen molar-refractivity contribution < 1.29 is 14.0 Å². The molecule has 2 amide bonds. The van der Waals surface area contributed by atoms with E-state index in [1.165, 1.54) is 23.0 Å². The molecule has 0 spiro atoms. The quantitative estimate of drug-likeness (QED) is 0.351. The first-order chi connectivity index (χ1) is 15.0. The van der Waals surface area contributed by atoms with Crippen LogP contribution in [0.5, 0.6) is 0 Å². The molecule has 0 aliphatic rings. The predicted octanol–water partition coefficient (Wildman–Crippen LogP) is 2.64. The van der Waals surface area contributed by atoms with Gasteiger partial charge in [0.15, 0.2) is 5.65 Å². The number of rotatable bonds is 7. The highest BCUT2D eigenvalue weighted by Crippen LogP contribution is 2.25. The molecule has 31 heavy (non-hydrogen) atoms. The molecule has 1 aromatic carbocycles. The number of furan rings is 1. The molecule has 158 valence electrons. The van der Waals surface area contributed by atoms with Crippen LogP contribution in [0.15, 0.2) is 64.6 Å². The lowest BCUT2D eigenvalue weighted by atomic mass is 10.1. The van der Waals surface area contributed by atoms with Gasteiger partial charge in [0.05, 0.1) is 41.4 Å². The zero-order valence-corrected chi connectivity index (χ0v) is 17.8. The number of carbonyl (C=O) groups is 2. The van der Waals surface area contributed by atoms with Crippen molar-refractivity contribution in [3.8, 4) is 0 Å². The van der Waals surface area contributed by atoms with Gasteiger partial charge in [0.1, 0.15) is 17.1 Å². The van der Waals surface area contributed by atoms with Gasteiger partial charge in [0, 0.05) is 14.1 Å². The van der Waals surface area contributed by atoms with Crippen molar-refractivity contribution in [3.63, 3.8) is 0 Å². The summed E-state index contributed by atoms with van der Waals surface area (Å²) in [6.07, 6.45) is 4.69. The van der Waals surface area contributed by atoms with E-state index in [2.05, 4.69) is 20.4 Å². The van der Waals surface area contributed by atoms with Gasteiger partial charge in [0.2, 0.25) is 5.91 Å². The minimum absolute atomic E-state index is 0.153. The van der Waals surface area contributed by atoms with Crippen LogP contribution in [0.4, 0.5) is 5.69 Å². The summed E-state index contributed by atoms with van der Waals surface area (Å²) in [4.78, 5) is 35.5. The Morgan fingerprint density at radius 3 is 2.84 bits per heavy atom. The van der Waals surface area contributed by atoms with Crippen LogP contribution < -0.4 is 10.2 Å². The monoisotopic (exact) mass is 436 g/mol. The number of anilines is 1. The fraction of sp³-hybridized carbons (Fsp3) is 0.190. The van der Waals surface area contributed by atoms with Crippen LogP contribution in [0.25, 0.3) is 11.0 Å². The molecule has 3 aromatic heterocycles. The normalized spacial score (nSPS) is 10.9. The summed E-state index contributed by atoms with van der Waals surface area (Å²) in [7, 11) is 3.46. The Morgan fingerprint density at radius 1 is 1.19 bits per heavy atom. The molecule has 9 nitrogen and oxygen atoms in total. The summed E-state index contributed by atoms with van der Waals surface area (Å²) < 4.78 is 6.90. The number of hydrogen-bond acceptors (Lipinski definition) is 7. The third-order valence-electron chi connectivity index (χ3n) is 4.71. The standard InChI is InChI=1S/C21H20N6O3S/c1-26(18(28)12-31-21-16-11-25-27(2)19(16)23-13-24-21)17-8-4-3-7-15(17)20(29)22-10-14-6-5-9-30-14/h3-9,11,13H,10,12H2,1-2H3,(H,22,29). The summed E-state index contributed by atoms with van der Waals surface area (Å²) in [6.45, 7) is 0.266. The zero-order valence-electron chi connectivity index (χ0n) is 17.0. The Bertz CT molecular complexity index is 1220. The van der Waals surface area contributed by atoms with Crippen molar-refractivity contribution >= 4 is 40.3 Å². The van der Waals surface area contributed by atoms with E-state index >= 15 is 0 Å². The van der Waals surface area contributed by atoms with Crippen molar-refractivity contribution in [1.29, 1.82) is 0 Å². The number of carbonyl (C=O) groups excluding carboxylic acids is 2. The van der Waals surface area contributed by atoms with E-state index in [0.29, 0.717) is 27.7 Å². The van der Waals surface area contributed by atoms with E-state index in [0.717, 1.165) is 5.39 Å². The molecule has 0 atom stereocenters. The van der Waals surface area contributed by atoms with Crippen molar-refractivity contribution in [2.45, 2.75) is 11.6 Å². The number of amides is 2. The first kappa shape index (κ1) is 20.6. The van der Waals surface area contributed by atoms with Crippen LogP contribution in [0.2, 0.25) is 0 Å². The molecular formula is C21H20N6O3S. The lowest BCUT2D eigenvalue weighted by molar-refractivity contribution is -0.115. The Kier molecular flexibility index (Phi) is 5.99. The molecule has 0 aliphatic carbocycles. The molecule has 3 heterocycles. The second-order valence-corrected chi connectivity index (χ2v) is 7.67. The fourth-order valence-electron chi connectivity index (χ4n) is 3.05. The molecule has 0 radical (unpaired) electrons. The van der Waals surface area contributed by atoms with Crippen LogP contribution in [0, 0.1) is 0 Å². The van der Waals surface area contributed by atoms with Gasteiger partial charge in [-0.1, -0.05) is 23.9 Å². The highest BCUT2D eigenvalue weighted by atomic mass is 32.2. The van der Waals surface area contributed by atoms with Gasteiger partial charge in [-0.3, -0.25) is 14.3 Å². The Hall–Kier alpha value is -3.66. The van der Waals surface area contributed by atoms with Gasteiger partial charge in [-0.15, -0.1) is 0 Å². The van der Waals surface area contributed by atoms with Crippen molar-refractivity contribution in [2.24, 2.45) is 7.05 Å². The number of hydrogen-bond donors (Lipinski definition) is 1. The van der Waals surface area contributed by atoms with Gasteiger partial charge in [-0.05, 0) is 24.3 Å². The molecule has 4 aromatic rings. The van der Waals surface area contributed by atoms with E-state index in [-0.39, 0.29) is 24.1 Å². The maximum Gasteiger partial charge on any atom is 0.253 e. The fourth-order valence-corrected chi connectivity index (χ4v) is 3.93. The number of benzene rings is 1. The highest BCUT2D eigenvalue weighted by Gasteiger charge is 2.19. The summed E-state index contributed by atoms with van der Waals surface area (Å²) in [5.74, 6) is 0.359. The van der Waals surface area contributed by atoms with E-state index in [1.54, 1.807) is 67.6 Å². The molecule has 4 rings (SSSR count). The summed E-state index contributed by atoms with van der Waals surface area (Å²) >= 11 is 1.31. The third kappa shape index (κ3) is 4.43. The van der Waals surface area contributed by atoms with E-state index in [4.69, 9.17) is 4.42 Å². The average molecular weight is 436 g/mol. The second kappa shape index (κ2) is 9.00. The van der Waals surface area contributed by atoms with Crippen molar-refractivity contribution in [1.82, 2.24) is 25.1 Å². The molecule has 0 saturated heterocycles. The van der Waals surface area contributed by atoms with Gasteiger partial charge >= 0.3 is 0 Å². The molecule has 0 saturated carbocycles. The Balaban J connectivity index is 1.45. The molecule has 0 fully saturated rings. The summed E-state index contributed by atoms with van der Waals surface area (Å²) in [6, 6.07) is 10.5. The van der Waals surface area contributed by atoms with Crippen LogP contribution in [-0.4, -0.2) is 44.4 Å². The lowest BCUT2D eigenvalue weighted by Crippen LogP contribution is -2.31. The number of para-hydroxylation sites is 1. The Labute approximate surface area is 182 Å². The van der Waals surface area contributed by atoms with Gasteiger partial charge < -0.3 is 14.6 Å². The topological polar surface area (TPSA) is 106 Å². The van der Waals surface area contributed by atoms with Crippen molar-refractivity contribution in [3.05, 3.63) is 66.5 Å². The van der Waals surface area contributed by atoms with Gasteiger partial charge in [-0.2, -0.15) is 5.10 Å². The number of aromatic nitrogens is 4. The third-order valence-corrected chi connectivity index (χ3v) is 5.70. The molecule has 10 heteroatoms. The summed E-state index contributed by atoms with van der Waals surface area (Å²) in [5, 5.41) is 8.48. The molecule has 0 unspecified atom stereocenters. The van der Waals surface area contributed by atoms with E-state index in [9.17, 15) is 9.59 Å². The molecule has 1 N–H and O–H groups in total. The van der Waals surface area contributed by atoms with Crippen LogP contribution in [-0.2, 0) is 18.4 Å². The molecule has 0 aliphatic heterocycles. The molecule has 0 bridgehead atoms. The van der Waals surface area contributed by atoms with E-state index in [1.807, 2.05) is 0 Å². The maximum absolute atomic E-state index is 12.9. The first-order valence-electron chi connectivity index (χ1n) is 9.46. The zero-order chi connectivity index (χ0) is 21.8. The number of nitrogens with one attached hydrogen (secondary N) is 1. The maximum atomic E-state index is 12.9.